The number of carbonyl (C=O) groups is 4. The molecule has 1 saturated heterocycles. The van der Waals surface area contributed by atoms with E-state index in [4.69, 9.17) is 27.8 Å². The summed E-state index contributed by atoms with van der Waals surface area (Å²) in [7, 11) is 0. The van der Waals surface area contributed by atoms with Crippen LogP contribution >= 0.6 is 23.1 Å². The average Bonchev–Trinajstić information content (AvgIpc) is 3.40. The van der Waals surface area contributed by atoms with E-state index in [0.29, 0.717) is 24.4 Å². The van der Waals surface area contributed by atoms with Gasteiger partial charge in [0.15, 0.2) is 22.6 Å². The van der Waals surface area contributed by atoms with Crippen molar-refractivity contribution in [2.24, 2.45) is 27.5 Å². The van der Waals surface area contributed by atoms with Gasteiger partial charge in [0, 0.05) is 29.7 Å². The molecule has 45 heavy (non-hydrogen) atoms. The average molecular weight is 663 g/mol. The van der Waals surface area contributed by atoms with Crippen LogP contribution in [0.25, 0.3) is 0 Å². The summed E-state index contributed by atoms with van der Waals surface area (Å²) in [5, 5.41) is 27.3. The maximum atomic E-state index is 13.4. The highest BCUT2D eigenvalue weighted by molar-refractivity contribution is 8.00. The number of nitrogens with two attached hydrogens (primary N) is 4. The number of carboxylic acids is 2. The van der Waals surface area contributed by atoms with Crippen LogP contribution < -0.4 is 32.8 Å². The zero-order valence-corrected chi connectivity index (χ0v) is 25.8. The van der Waals surface area contributed by atoms with Crippen molar-refractivity contribution in [2.75, 3.05) is 35.6 Å². The second kappa shape index (κ2) is 13.3. The first kappa shape index (κ1) is 32.9. The van der Waals surface area contributed by atoms with Gasteiger partial charge in [-0.15, -0.1) is 23.1 Å². The van der Waals surface area contributed by atoms with Gasteiger partial charge in [-0.25, -0.2) is 19.1 Å². The number of oxime groups is 1. The number of amides is 1. The van der Waals surface area contributed by atoms with Gasteiger partial charge in [-0.2, -0.15) is 0 Å². The Balaban J connectivity index is 1.51. The predicted molar refractivity (Wildman–Crippen MR) is 165 cm³/mol. The molecule has 4 heterocycles. The highest BCUT2D eigenvalue weighted by Crippen LogP contribution is 2.45. The van der Waals surface area contributed by atoms with E-state index < -0.39 is 40.5 Å². The molecule has 0 bridgehead atoms. The SMILES string of the molecule is CC(C)(O/N=C(\C(=O)C[C@@H]1C(=O)N2C(C(=O)O)=C(C[n+]3cnc(N)c(NCCN=C(N)N)c3)CSC12)c1csc(N)n1)C(=O)O. The van der Waals surface area contributed by atoms with Crippen LogP contribution in [-0.4, -0.2) is 90.2 Å². The number of nitrogen functional groups attached to an aromatic ring is 2. The number of aliphatic imine (C=N–C) groups is 1. The lowest BCUT2D eigenvalue weighted by Gasteiger charge is -2.49. The number of hydrogen-bond donors (Lipinski definition) is 7. The van der Waals surface area contributed by atoms with E-state index in [9.17, 15) is 29.4 Å². The van der Waals surface area contributed by atoms with Gasteiger partial charge in [0.1, 0.15) is 29.8 Å². The minimum absolute atomic E-state index is 0.0496. The summed E-state index contributed by atoms with van der Waals surface area (Å²) in [5.74, 6) is -4.25. The number of β-lactam (4-membered cyclic amide) rings is 1. The maximum Gasteiger partial charge on any atom is 0.352 e. The molecule has 0 spiro atoms. The van der Waals surface area contributed by atoms with Gasteiger partial charge in [0.05, 0.1) is 17.8 Å². The van der Waals surface area contributed by atoms with E-state index in [2.05, 4.69) is 25.4 Å². The summed E-state index contributed by atoms with van der Waals surface area (Å²) >= 11 is 2.35. The second-order valence-electron chi connectivity index (χ2n) is 10.4. The number of nitrogens with zero attached hydrogens (tertiary/aromatic N) is 6. The summed E-state index contributed by atoms with van der Waals surface area (Å²) in [6, 6.07) is 0. The Morgan fingerprint density at radius 1 is 1.27 bits per heavy atom. The van der Waals surface area contributed by atoms with Crippen LogP contribution in [0.15, 0.2) is 39.3 Å². The van der Waals surface area contributed by atoms with Crippen LogP contribution in [0, 0.1) is 5.92 Å². The molecule has 1 fully saturated rings. The number of anilines is 3. The summed E-state index contributed by atoms with van der Waals surface area (Å²) in [4.78, 5) is 68.9. The number of thioether (sulfide) groups is 1. The molecule has 20 heteroatoms. The van der Waals surface area contributed by atoms with Crippen molar-refractivity contribution in [3.05, 3.63) is 34.9 Å². The lowest BCUT2D eigenvalue weighted by atomic mass is 9.89. The first-order valence-corrected chi connectivity index (χ1v) is 15.2. The molecule has 2 aliphatic rings. The quantitative estimate of drug-likeness (QED) is 0.0312. The van der Waals surface area contributed by atoms with Crippen LogP contribution in [0.3, 0.4) is 0 Å². The van der Waals surface area contributed by atoms with Crippen LogP contribution in [-0.2, 0) is 30.6 Å². The topological polar surface area (TPSA) is 292 Å². The van der Waals surface area contributed by atoms with Crippen LogP contribution in [0.5, 0.6) is 0 Å². The summed E-state index contributed by atoms with van der Waals surface area (Å²) in [6.45, 7) is 3.27. The van der Waals surface area contributed by atoms with Gasteiger partial charge < -0.3 is 43.3 Å². The fourth-order valence-electron chi connectivity index (χ4n) is 4.36. The van der Waals surface area contributed by atoms with E-state index in [1.807, 2.05) is 0 Å². The summed E-state index contributed by atoms with van der Waals surface area (Å²) in [5.41, 5.74) is 21.1. The van der Waals surface area contributed by atoms with Gasteiger partial charge in [-0.05, 0) is 18.8 Å². The number of fused-ring (bicyclic) bond motifs is 1. The number of guanidine groups is 1. The smallest absolute Gasteiger partial charge is 0.352 e. The lowest BCUT2D eigenvalue weighted by molar-refractivity contribution is -0.691. The minimum Gasteiger partial charge on any atom is -0.478 e. The number of Topliss-reactive ketones (excluding diaryl/α,β-unsaturated/α-hetero) is 1. The molecule has 0 aromatic carbocycles. The normalized spacial score (nSPS) is 18.1. The van der Waals surface area contributed by atoms with E-state index in [1.54, 1.807) is 10.8 Å². The van der Waals surface area contributed by atoms with Crippen molar-refractivity contribution in [2.45, 2.75) is 37.8 Å². The van der Waals surface area contributed by atoms with Crippen LogP contribution in [0.2, 0.25) is 0 Å². The number of carbonyl (C=O) groups excluding carboxylic acids is 2. The lowest BCUT2D eigenvalue weighted by Crippen LogP contribution is -2.62. The number of carboxylic acid groups (broad SMARTS) is 2. The molecule has 2 atom stereocenters. The van der Waals surface area contributed by atoms with Crippen molar-refractivity contribution in [3.63, 3.8) is 0 Å². The Labute approximate surface area is 264 Å². The monoisotopic (exact) mass is 662 g/mol. The van der Waals surface area contributed by atoms with Crippen molar-refractivity contribution in [3.8, 4) is 0 Å². The van der Waals surface area contributed by atoms with Gasteiger partial charge in [-0.3, -0.25) is 19.5 Å². The van der Waals surface area contributed by atoms with Gasteiger partial charge in [0.2, 0.25) is 11.5 Å². The Bertz CT molecular complexity index is 1620. The zero-order chi connectivity index (χ0) is 33.1. The molecule has 2 aromatic rings. The first-order chi connectivity index (χ1) is 21.2. The summed E-state index contributed by atoms with van der Waals surface area (Å²) in [6.07, 6.45) is 2.76. The highest BCUT2D eigenvalue weighted by Gasteiger charge is 2.54. The number of rotatable bonds is 14. The fraction of sp³-hybridized carbons (Fsp3) is 0.400. The molecule has 18 nitrogen and oxygen atoms in total. The molecule has 11 N–H and O–H groups in total. The van der Waals surface area contributed by atoms with E-state index in [0.717, 1.165) is 11.3 Å². The third kappa shape index (κ3) is 7.40. The number of aliphatic carboxylic acids is 2. The van der Waals surface area contributed by atoms with Crippen LogP contribution in [0.1, 0.15) is 26.0 Å². The predicted octanol–water partition coefficient (Wildman–Crippen LogP) is -1.21. The molecular formula is C25H32N11O7S2+. The third-order valence-corrected chi connectivity index (χ3v) is 8.76. The number of hydrogen-bond acceptors (Lipinski definition) is 14. The Morgan fingerprint density at radius 2 is 2.00 bits per heavy atom. The van der Waals surface area contributed by atoms with Crippen molar-refractivity contribution in [1.82, 2.24) is 14.9 Å². The molecule has 4 rings (SSSR count). The first-order valence-electron chi connectivity index (χ1n) is 13.3. The van der Waals surface area contributed by atoms with Gasteiger partial charge >= 0.3 is 11.9 Å². The Kier molecular flexibility index (Phi) is 9.76. The molecule has 0 saturated carbocycles. The van der Waals surface area contributed by atoms with Gasteiger partial charge in [0.25, 0.3) is 12.1 Å². The van der Waals surface area contributed by atoms with Gasteiger partial charge in [-0.1, -0.05) is 5.16 Å². The molecule has 2 aliphatic heterocycles. The van der Waals surface area contributed by atoms with Crippen molar-refractivity contribution < 1.29 is 38.8 Å². The standard InChI is InChI=1S/C25H31N11O7S2/c1-25(2,22(41)42)43-34-16(14-9-45-24(29)33-14)15(37)5-12-19(38)36-17(21(39)40)11(8-44-20(12)36)6-35-7-13(18(26)32-10-35)30-3-4-31-23(27)28/h7,9-10,12,20,26,30H,3-6,8H2,1-2H3,(H8,27,28,29,31,33,39,40,41,42)/p+1/b34-16-/t12-,20?/m1/s1. The number of aromatic nitrogens is 3. The Morgan fingerprint density at radius 3 is 2.62 bits per heavy atom. The largest absolute Gasteiger partial charge is 0.478 e. The van der Waals surface area contributed by atoms with E-state index in [1.165, 1.54) is 42.2 Å². The van der Waals surface area contributed by atoms with Crippen LogP contribution in [0.4, 0.5) is 16.6 Å². The number of ketones is 1. The minimum atomic E-state index is -1.75. The number of nitrogens with one attached hydrogen (secondary N) is 1. The number of thiazole rings is 1. The highest BCUT2D eigenvalue weighted by atomic mass is 32.2. The summed E-state index contributed by atoms with van der Waals surface area (Å²) < 4.78 is 1.63. The molecular weight excluding hydrogens is 630 g/mol. The zero-order valence-electron chi connectivity index (χ0n) is 24.2. The fourth-order valence-corrected chi connectivity index (χ4v) is 6.31. The molecule has 1 unspecified atom stereocenters. The molecule has 2 aromatic heterocycles. The van der Waals surface area contributed by atoms with Crippen molar-refractivity contribution in [1.29, 1.82) is 0 Å². The van der Waals surface area contributed by atoms with E-state index in [-0.39, 0.29) is 52.7 Å². The maximum absolute atomic E-state index is 13.4. The van der Waals surface area contributed by atoms with Crippen molar-refractivity contribution >= 4 is 75.0 Å². The molecule has 1 amide bonds. The molecule has 0 aliphatic carbocycles. The second-order valence-corrected chi connectivity index (χ2v) is 12.4. The molecule has 240 valence electrons. The molecule has 0 radical (unpaired) electrons. The van der Waals surface area contributed by atoms with E-state index >= 15 is 0 Å². The third-order valence-electron chi connectivity index (χ3n) is 6.69. The Hall–Kier alpha value is -4.98.